The summed E-state index contributed by atoms with van der Waals surface area (Å²) in [6.45, 7) is 4.23. The molecule has 6 heteroatoms. The molecule has 0 radical (unpaired) electrons. The van der Waals surface area contributed by atoms with Gasteiger partial charge in [0, 0.05) is 31.1 Å². The van der Waals surface area contributed by atoms with Gasteiger partial charge in [0.1, 0.15) is 0 Å². The third-order valence-electron chi connectivity index (χ3n) is 2.89. The van der Waals surface area contributed by atoms with Crippen molar-refractivity contribution in [3.05, 3.63) is 16.6 Å². The van der Waals surface area contributed by atoms with E-state index in [9.17, 15) is 0 Å². The van der Waals surface area contributed by atoms with Crippen molar-refractivity contribution in [3.8, 4) is 10.6 Å². The zero-order chi connectivity index (χ0) is 14.4. The van der Waals surface area contributed by atoms with Crippen molar-refractivity contribution in [2.24, 2.45) is 0 Å². The summed E-state index contributed by atoms with van der Waals surface area (Å²) in [6, 6.07) is 0. The molecule has 110 valence electrons. The molecule has 4 nitrogen and oxygen atoms in total. The number of anilines is 1. The fourth-order valence-electron chi connectivity index (χ4n) is 1.70. The second-order valence-electron chi connectivity index (χ2n) is 4.99. The second kappa shape index (κ2) is 7.71. The summed E-state index contributed by atoms with van der Waals surface area (Å²) >= 11 is 3.42. The van der Waals surface area contributed by atoms with Crippen LogP contribution < -0.4 is 5.32 Å². The topological polar surface area (TPSA) is 41.1 Å². The Bertz CT molecular complexity index is 519. The van der Waals surface area contributed by atoms with E-state index in [-0.39, 0.29) is 0 Å². The summed E-state index contributed by atoms with van der Waals surface area (Å²) in [4.78, 5) is 12.5. The number of hydrogen-bond donors (Lipinski definition) is 1. The lowest BCUT2D eigenvalue weighted by atomic mass is 10.3. The molecule has 0 unspecified atom stereocenters. The summed E-state index contributed by atoms with van der Waals surface area (Å²) in [6.07, 6.45) is 5.34. The van der Waals surface area contributed by atoms with E-state index >= 15 is 0 Å². The highest BCUT2D eigenvalue weighted by molar-refractivity contribution is 7.16. The number of aromatic nitrogens is 2. The maximum Gasteiger partial charge on any atom is 0.183 e. The van der Waals surface area contributed by atoms with Crippen molar-refractivity contribution in [1.29, 1.82) is 0 Å². The Morgan fingerprint density at radius 3 is 2.95 bits per heavy atom. The third-order valence-corrected chi connectivity index (χ3v) is 4.77. The van der Waals surface area contributed by atoms with E-state index in [4.69, 9.17) is 0 Å². The quantitative estimate of drug-likeness (QED) is 0.757. The number of nitrogens with one attached hydrogen (secondary N) is 1. The van der Waals surface area contributed by atoms with Crippen molar-refractivity contribution in [2.75, 3.05) is 32.5 Å². The van der Waals surface area contributed by atoms with Gasteiger partial charge in [-0.2, -0.15) is 0 Å². The van der Waals surface area contributed by atoms with Crippen LogP contribution in [0.15, 0.2) is 11.6 Å². The summed E-state index contributed by atoms with van der Waals surface area (Å²) < 4.78 is 0. The van der Waals surface area contributed by atoms with E-state index in [0.29, 0.717) is 0 Å². The summed E-state index contributed by atoms with van der Waals surface area (Å²) in [7, 11) is 4.17. The average molecular weight is 310 g/mol. The molecule has 0 saturated heterocycles. The van der Waals surface area contributed by atoms with Gasteiger partial charge in [0.05, 0.1) is 15.6 Å². The molecule has 2 rings (SSSR count). The predicted molar refractivity (Wildman–Crippen MR) is 88.9 cm³/mol. The Kier molecular flexibility index (Phi) is 5.94. The minimum absolute atomic E-state index is 1.00. The Labute approximate surface area is 128 Å². The van der Waals surface area contributed by atoms with Crippen molar-refractivity contribution in [1.82, 2.24) is 14.9 Å². The summed E-state index contributed by atoms with van der Waals surface area (Å²) in [5, 5.41) is 7.67. The Balaban J connectivity index is 1.94. The van der Waals surface area contributed by atoms with Crippen LogP contribution in [-0.4, -0.2) is 42.1 Å². The second-order valence-corrected chi connectivity index (χ2v) is 6.96. The number of likely N-dealkylation sites (N-methyl/N-ethyl adjacent to an activating group) is 1. The van der Waals surface area contributed by atoms with Gasteiger partial charge < -0.3 is 10.2 Å². The van der Waals surface area contributed by atoms with Crippen molar-refractivity contribution >= 4 is 27.8 Å². The molecule has 0 amide bonds. The first-order valence-corrected chi connectivity index (χ1v) is 8.68. The fourth-order valence-corrected chi connectivity index (χ4v) is 3.38. The van der Waals surface area contributed by atoms with Gasteiger partial charge in [-0.15, -0.1) is 22.7 Å². The molecule has 0 saturated carbocycles. The minimum atomic E-state index is 1.00. The Morgan fingerprint density at radius 2 is 2.20 bits per heavy atom. The molecule has 0 aliphatic heterocycles. The van der Waals surface area contributed by atoms with Gasteiger partial charge in [-0.25, -0.2) is 9.97 Å². The fraction of sp³-hybridized carbons (Fsp3) is 0.571. The first-order chi connectivity index (χ1) is 9.69. The molecule has 0 aromatic carbocycles. The molecule has 1 N–H and O–H groups in total. The smallest absolute Gasteiger partial charge is 0.183 e. The minimum Gasteiger partial charge on any atom is -0.362 e. The molecule has 0 atom stereocenters. The first kappa shape index (κ1) is 15.4. The van der Waals surface area contributed by atoms with Crippen LogP contribution in [0, 0.1) is 0 Å². The average Bonchev–Trinajstić information content (AvgIpc) is 3.05. The lowest BCUT2D eigenvalue weighted by molar-refractivity contribution is 0.413. The molecular weight excluding hydrogens is 288 g/mol. The largest absolute Gasteiger partial charge is 0.362 e. The molecule has 2 aromatic rings. The molecular formula is C14H22N4S2. The van der Waals surface area contributed by atoms with Crippen LogP contribution in [0.1, 0.15) is 24.8 Å². The van der Waals surface area contributed by atoms with E-state index < -0.39 is 0 Å². The molecule has 2 heterocycles. The van der Waals surface area contributed by atoms with Crippen molar-refractivity contribution < 1.29 is 0 Å². The van der Waals surface area contributed by atoms with Crippen LogP contribution in [-0.2, 0) is 6.42 Å². The van der Waals surface area contributed by atoms with Gasteiger partial charge in [-0.05, 0) is 20.5 Å². The van der Waals surface area contributed by atoms with Crippen LogP contribution in [0.2, 0.25) is 0 Å². The maximum atomic E-state index is 4.63. The molecule has 20 heavy (non-hydrogen) atoms. The summed E-state index contributed by atoms with van der Waals surface area (Å²) in [5.41, 5.74) is 1.04. The number of rotatable bonds is 8. The lowest BCUT2D eigenvalue weighted by Crippen LogP contribution is -2.14. The maximum absolute atomic E-state index is 4.63. The van der Waals surface area contributed by atoms with Gasteiger partial charge in [0.2, 0.25) is 0 Å². The van der Waals surface area contributed by atoms with E-state index in [1.165, 1.54) is 22.7 Å². The first-order valence-electron chi connectivity index (χ1n) is 6.98. The molecule has 0 aliphatic rings. The van der Waals surface area contributed by atoms with Gasteiger partial charge in [0.15, 0.2) is 5.13 Å². The van der Waals surface area contributed by atoms with Crippen LogP contribution in [0.4, 0.5) is 5.13 Å². The van der Waals surface area contributed by atoms with Gasteiger partial charge in [0.25, 0.3) is 0 Å². The van der Waals surface area contributed by atoms with E-state index in [2.05, 4.69) is 46.6 Å². The number of hydrogen-bond acceptors (Lipinski definition) is 6. The van der Waals surface area contributed by atoms with E-state index in [0.717, 1.165) is 30.3 Å². The predicted octanol–water partition coefficient (Wildman–Crippen LogP) is 3.58. The van der Waals surface area contributed by atoms with E-state index in [1.807, 2.05) is 6.20 Å². The third kappa shape index (κ3) is 4.54. The standard InChI is InChI=1S/C14H22N4S2/c1-4-5-7-15-14-17-11(10-19-14)12-9-16-13(20-12)6-8-18(2)3/h9-10H,4-8H2,1-3H3,(H,15,17). The van der Waals surface area contributed by atoms with Gasteiger partial charge >= 0.3 is 0 Å². The molecule has 0 bridgehead atoms. The number of nitrogens with zero attached hydrogens (tertiary/aromatic N) is 3. The Morgan fingerprint density at radius 1 is 1.35 bits per heavy atom. The molecule has 0 fully saturated rings. The zero-order valence-corrected chi connectivity index (χ0v) is 14.0. The van der Waals surface area contributed by atoms with Crippen LogP contribution in [0.3, 0.4) is 0 Å². The lowest BCUT2D eigenvalue weighted by Gasteiger charge is -2.06. The molecule has 0 aliphatic carbocycles. The summed E-state index contributed by atoms with van der Waals surface area (Å²) in [5.74, 6) is 0. The molecule has 0 spiro atoms. The van der Waals surface area contributed by atoms with E-state index in [1.54, 1.807) is 22.7 Å². The van der Waals surface area contributed by atoms with Crippen molar-refractivity contribution in [3.63, 3.8) is 0 Å². The van der Waals surface area contributed by atoms with Crippen LogP contribution in [0.25, 0.3) is 10.6 Å². The van der Waals surface area contributed by atoms with Crippen LogP contribution >= 0.6 is 22.7 Å². The SMILES string of the molecule is CCCCNc1nc(-c2cnc(CCN(C)C)s2)cs1. The van der Waals surface area contributed by atoms with Crippen molar-refractivity contribution in [2.45, 2.75) is 26.2 Å². The van der Waals surface area contributed by atoms with Gasteiger partial charge in [-0.1, -0.05) is 13.3 Å². The molecule has 2 aromatic heterocycles. The Hall–Kier alpha value is -0.980. The number of thiazole rings is 2. The highest BCUT2D eigenvalue weighted by Crippen LogP contribution is 2.29. The number of unbranched alkanes of at least 4 members (excludes halogenated alkanes) is 1. The highest BCUT2D eigenvalue weighted by atomic mass is 32.1. The highest BCUT2D eigenvalue weighted by Gasteiger charge is 2.08. The van der Waals surface area contributed by atoms with Crippen LogP contribution in [0.5, 0.6) is 0 Å². The zero-order valence-electron chi connectivity index (χ0n) is 12.3. The van der Waals surface area contributed by atoms with Gasteiger partial charge in [-0.3, -0.25) is 0 Å². The normalized spacial score (nSPS) is 11.2. The monoisotopic (exact) mass is 310 g/mol.